The van der Waals surface area contributed by atoms with E-state index in [1.165, 1.54) is 11.3 Å². The molecule has 0 radical (unpaired) electrons. The summed E-state index contributed by atoms with van der Waals surface area (Å²) in [6.45, 7) is 8.73. The van der Waals surface area contributed by atoms with Crippen LogP contribution in [0.5, 0.6) is 0 Å². The monoisotopic (exact) mass is 491 g/mol. The van der Waals surface area contributed by atoms with E-state index in [4.69, 9.17) is 9.47 Å². The van der Waals surface area contributed by atoms with Crippen LogP contribution < -0.4 is 10.9 Å². The third-order valence-corrected chi connectivity index (χ3v) is 6.78. The second kappa shape index (κ2) is 10.3. The molecule has 1 amide bonds. The van der Waals surface area contributed by atoms with Gasteiger partial charge in [-0.15, -0.1) is 22.7 Å². The normalized spacial score (nSPS) is 11.1. The summed E-state index contributed by atoms with van der Waals surface area (Å²) in [4.78, 5) is 57.2. The van der Waals surface area contributed by atoms with E-state index < -0.39 is 24.5 Å². The van der Waals surface area contributed by atoms with Gasteiger partial charge in [0, 0.05) is 0 Å². The van der Waals surface area contributed by atoms with Crippen molar-refractivity contribution in [2.24, 2.45) is 5.92 Å². The van der Waals surface area contributed by atoms with Crippen molar-refractivity contribution in [3.63, 3.8) is 0 Å². The molecule has 176 valence electrons. The second-order valence-electron chi connectivity index (χ2n) is 7.80. The summed E-state index contributed by atoms with van der Waals surface area (Å²) < 4.78 is 10.3. The van der Waals surface area contributed by atoms with Gasteiger partial charge in [0.2, 0.25) is 0 Å². The number of anilines is 1. The van der Waals surface area contributed by atoms with Crippen LogP contribution >= 0.6 is 22.7 Å². The van der Waals surface area contributed by atoms with Crippen LogP contribution in [0.1, 0.15) is 57.8 Å². The Morgan fingerprint density at radius 2 is 1.91 bits per heavy atom. The summed E-state index contributed by atoms with van der Waals surface area (Å²) in [5.74, 6) is -1.06. The van der Waals surface area contributed by atoms with Gasteiger partial charge < -0.3 is 19.8 Å². The minimum absolute atomic E-state index is 0.212. The lowest BCUT2D eigenvalue weighted by Crippen LogP contribution is -2.22. The molecule has 0 spiro atoms. The molecule has 0 saturated heterocycles. The Kier molecular flexibility index (Phi) is 7.65. The van der Waals surface area contributed by atoms with Crippen LogP contribution in [0.3, 0.4) is 0 Å². The van der Waals surface area contributed by atoms with Gasteiger partial charge in [-0.1, -0.05) is 13.8 Å². The first kappa shape index (κ1) is 24.6. The summed E-state index contributed by atoms with van der Waals surface area (Å²) in [5.41, 5.74) is 1.26. The molecule has 2 N–H and O–H groups in total. The standard InChI is InChI=1S/C22H25N3O6S2/c1-6-30-21(28)16-13(7-10(2)3)9-32-19(16)25-14(26)8-31-22(29)17-11(4)15-18(27)23-12(5)24-20(15)33-17/h9-10H,6-8H2,1-5H3,(H,25,26)(H,23,24,27). The smallest absolute Gasteiger partial charge is 0.349 e. The lowest BCUT2D eigenvalue weighted by Gasteiger charge is -2.10. The third-order valence-electron chi connectivity index (χ3n) is 4.67. The number of nitrogens with zero attached hydrogens (tertiary/aromatic N) is 1. The molecule has 9 nitrogen and oxygen atoms in total. The van der Waals surface area contributed by atoms with Crippen molar-refractivity contribution in [2.45, 2.75) is 41.0 Å². The fourth-order valence-corrected chi connectivity index (χ4v) is 5.41. The van der Waals surface area contributed by atoms with Gasteiger partial charge in [-0.2, -0.15) is 0 Å². The van der Waals surface area contributed by atoms with E-state index in [0.29, 0.717) is 44.5 Å². The number of hydrogen-bond donors (Lipinski definition) is 2. The van der Waals surface area contributed by atoms with Crippen molar-refractivity contribution in [3.05, 3.63) is 43.1 Å². The second-order valence-corrected chi connectivity index (χ2v) is 9.67. The van der Waals surface area contributed by atoms with Gasteiger partial charge in [-0.05, 0) is 49.6 Å². The molecule has 0 aliphatic heterocycles. The predicted octanol–water partition coefficient (Wildman–Crippen LogP) is 3.83. The number of nitrogens with one attached hydrogen (secondary N) is 2. The minimum Gasteiger partial charge on any atom is -0.462 e. The lowest BCUT2D eigenvalue weighted by molar-refractivity contribution is -0.119. The maximum atomic E-state index is 12.6. The predicted molar refractivity (Wildman–Crippen MR) is 127 cm³/mol. The highest BCUT2D eigenvalue weighted by Crippen LogP contribution is 2.31. The number of aromatic amines is 1. The van der Waals surface area contributed by atoms with Gasteiger partial charge in [0.15, 0.2) is 6.61 Å². The van der Waals surface area contributed by atoms with E-state index in [-0.39, 0.29) is 17.0 Å². The van der Waals surface area contributed by atoms with Gasteiger partial charge in [0.05, 0.1) is 17.6 Å². The number of H-pyrrole nitrogens is 1. The van der Waals surface area contributed by atoms with Gasteiger partial charge in [-0.25, -0.2) is 14.6 Å². The van der Waals surface area contributed by atoms with E-state index >= 15 is 0 Å². The highest BCUT2D eigenvalue weighted by Gasteiger charge is 2.24. The summed E-state index contributed by atoms with van der Waals surface area (Å²) in [7, 11) is 0. The van der Waals surface area contributed by atoms with Crippen LogP contribution in [-0.2, 0) is 20.7 Å². The van der Waals surface area contributed by atoms with Crippen molar-refractivity contribution < 1.29 is 23.9 Å². The molecule has 0 bridgehead atoms. The number of hydrogen-bond acceptors (Lipinski definition) is 9. The molecular formula is C22H25N3O6S2. The maximum Gasteiger partial charge on any atom is 0.349 e. The molecule has 11 heteroatoms. The Morgan fingerprint density at radius 1 is 1.18 bits per heavy atom. The third kappa shape index (κ3) is 5.48. The molecule has 0 saturated carbocycles. The number of carbonyl (C=O) groups excluding carboxylic acids is 3. The molecule has 0 aliphatic carbocycles. The number of thiophene rings is 2. The zero-order valence-corrected chi connectivity index (χ0v) is 20.6. The molecular weight excluding hydrogens is 466 g/mol. The molecule has 0 atom stereocenters. The molecule has 0 aliphatic rings. The lowest BCUT2D eigenvalue weighted by atomic mass is 10.0. The molecule has 0 unspecified atom stereocenters. The molecule has 3 heterocycles. The topological polar surface area (TPSA) is 127 Å². The van der Waals surface area contributed by atoms with E-state index in [0.717, 1.165) is 16.9 Å². The van der Waals surface area contributed by atoms with Crippen LogP contribution in [0.15, 0.2) is 10.2 Å². The summed E-state index contributed by atoms with van der Waals surface area (Å²) in [6, 6.07) is 0. The largest absolute Gasteiger partial charge is 0.462 e. The number of rotatable bonds is 8. The average Bonchev–Trinajstić information content (AvgIpc) is 3.26. The molecule has 0 aromatic carbocycles. The average molecular weight is 492 g/mol. The Labute approximate surface area is 198 Å². The van der Waals surface area contributed by atoms with Crippen molar-refractivity contribution in [1.82, 2.24) is 9.97 Å². The van der Waals surface area contributed by atoms with Gasteiger partial charge in [0.25, 0.3) is 11.5 Å². The summed E-state index contributed by atoms with van der Waals surface area (Å²) in [5, 5.41) is 5.15. The zero-order valence-electron chi connectivity index (χ0n) is 19.0. The number of fused-ring (bicyclic) bond motifs is 1. The highest BCUT2D eigenvalue weighted by atomic mass is 32.1. The fourth-order valence-electron chi connectivity index (χ4n) is 3.31. The van der Waals surface area contributed by atoms with Crippen LogP contribution in [0, 0.1) is 19.8 Å². The first-order chi connectivity index (χ1) is 15.6. The van der Waals surface area contributed by atoms with Crippen molar-refractivity contribution in [1.29, 1.82) is 0 Å². The van der Waals surface area contributed by atoms with Crippen LogP contribution in [0.2, 0.25) is 0 Å². The summed E-state index contributed by atoms with van der Waals surface area (Å²) in [6.07, 6.45) is 0.660. The highest BCUT2D eigenvalue weighted by molar-refractivity contribution is 7.20. The quantitative estimate of drug-likeness (QED) is 0.458. The first-order valence-electron chi connectivity index (χ1n) is 10.4. The van der Waals surface area contributed by atoms with Crippen LogP contribution in [0.4, 0.5) is 5.00 Å². The SMILES string of the molecule is CCOC(=O)c1c(CC(C)C)csc1NC(=O)COC(=O)c1sc2nc(C)[nH]c(=O)c2c1C. The van der Waals surface area contributed by atoms with Crippen molar-refractivity contribution >= 4 is 55.7 Å². The zero-order chi connectivity index (χ0) is 24.3. The van der Waals surface area contributed by atoms with Crippen LogP contribution in [0.25, 0.3) is 10.2 Å². The molecule has 3 aromatic rings. The number of esters is 2. The first-order valence-corrected chi connectivity index (χ1v) is 12.1. The number of aromatic nitrogens is 2. The number of aryl methyl sites for hydroxylation is 2. The Bertz CT molecular complexity index is 1270. The van der Waals surface area contributed by atoms with Crippen molar-refractivity contribution in [3.8, 4) is 0 Å². The number of amides is 1. The van der Waals surface area contributed by atoms with E-state index in [2.05, 4.69) is 15.3 Å². The van der Waals surface area contributed by atoms with E-state index in [1.54, 1.807) is 20.8 Å². The Hall–Kier alpha value is -3.05. The Morgan fingerprint density at radius 3 is 2.58 bits per heavy atom. The Balaban J connectivity index is 1.73. The molecule has 3 aromatic heterocycles. The van der Waals surface area contributed by atoms with Crippen LogP contribution in [-0.4, -0.2) is 41.0 Å². The molecule has 3 rings (SSSR count). The summed E-state index contributed by atoms with van der Waals surface area (Å²) >= 11 is 2.26. The van der Waals surface area contributed by atoms with E-state index in [9.17, 15) is 19.2 Å². The van der Waals surface area contributed by atoms with Crippen molar-refractivity contribution in [2.75, 3.05) is 18.5 Å². The van der Waals surface area contributed by atoms with Gasteiger partial charge in [0.1, 0.15) is 20.5 Å². The molecule has 33 heavy (non-hydrogen) atoms. The van der Waals surface area contributed by atoms with Gasteiger partial charge in [-0.3, -0.25) is 9.59 Å². The maximum absolute atomic E-state index is 12.6. The molecule has 0 fully saturated rings. The fraction of sp³-hybridized carbons (Fsp3) is 0.409. The minimum atomic E-state index is -0.722. The van der Waals surface area contributed by atoms with E-state index in [1.807, 2.05) is 19.2 Å². The number of carbonyl (C=O) groups is 3. The van der Waals surface area contributed by atoms with Gasteiger partial charge >= 0.3 is 11.9 Å². The number of ether oxygens (including phenoxy) is 2.